The van der Waals surface area contributed by atoms with Crippen molar-refractivity contribution in [1.29, 1.82) is 0 Å². The normalized spacial score (nSPS) is 10.4. The molecule has 0 atom stereocenters. The van der Waals surface area contributed by atoms with Crippen molar-refractivity contribution in [1.82, 2.24) is 0 Å². The van der Waals surface area contributed by atoms with Gasteiger partial charge in [-0.15, -0.1) is 0 Å². The molecule has 0 N–H and O–H groups in total. The van der Waals surface area contributed by atoms with Gasteiger partial charge in [-0.1, -0.05) is 25.1 Å². The summed E-state index contributed by atoms with van der Waals surface area (Å²) in [7, 11) is 0. The molecule has 0 aromatic heterocycles. The Kier molecular flexibility index (Phi) is 3.92. The van der Waals surface area contributed by atoms with Crippen LogP contribution in [0.4, 0.5) is 8.78 Å². The monoisotopic (exact) mass is 248 g/mol. The molecule has 94 valence electrons. The van der Waals surface area contributed by atoms with Crippen LogP contribution in [-0.2, 0) is 13.0 Å². The van der Waals surface area contributed by atoms with E-state index in [1.165, 1.54) is 11.6 Å². The summed E-state index contributed by atoms with van der Waals surface area (Å²) in [6.07, 6.45) is 0.933. The Hall–Kier alpha value is -1.90. The molecular weight excluding hydrogens is 234 g/mol. The molecular formula is C15H14F2O. The van der Waals surface area contributed by atoms with Gasteiger partial charge in [0.25, 0.3) is 0 Å². The van der Waals surface area contributed by atoms with Crippen LogP contribution < -0.4 is 4.74 Å². The molecule has 0 unspecified atom stereocenters. The third kappa shape index (κ3) is 3.06. The largest absolute Gasteiger partial charge is 0.489 e. The third-order valence-corrected chi connectivity index (χ3v) is 2.70. The van der Waals surface area contributed by atoms with Gasteiger partial charge in [0.05, 0.1) is 0 Å². The van der Waals surface area contributed by atoms with Crippen molar-refractivity contribution in [2.24, 2.45) is 0 Å². The molecule has 0 radical (unpaired) electrons. The van der Waals surface area contributed by atoms with E-state index in [0.717, 1.165) is 24.3 Å². The zero-order valence-electron chi connectivity index (χ0n) is 10.1. The van der Waals surface area contributed by atoms with Gasteiger partial charge in [0.1, 0.15) is 12.4 Å². The van der Waals surface area contributed by atoms with E-state index in [1.807, 2.05) is 24.3 Å². The number of halogens is 2. The molecule has 0 aliphatic carbocycles. The fourth-order valence-corrected chi connectivity index (χ4v) is 1.65. The minimum absolute atomic E-state index is 0.227. The quantitative estimate of drug-likeness (QED) is 0.791. The first-order chi connectivity index (χ1) is 8.69. The molecule has 18 heavy (non-hydrogen) atoms. The van der Waals surface area contributed by atoms with E-state index < -0.39 is 11.6 Å². The van der Waals surface area contributed by atoms with Gasteiger partial charge in [-0.2, -0.15) is 0 Å². The number of hydrogen-bond acceptors (Lipinski definition) is 1. The first kappa shape index (κ1) is 12.6. The Labute approximate surface area is 105 Å². The zero-order chi connectivity index (χ0) is 13.0. The van der Waals surface area contributed by atoms with Crippen LogP contribution in [0.15, 0.2) is 42.5 Å². The minimum Gasteiger partial charge on any atom is -0.489 e. The van der Waals surface area contributed by atoms with Crippen LogP contribution in [-0.4, -0.2) is 0 Å². The number of aryl methyl sites for hydroxylation is 1. The van der Waals surface area contributed by atoms with Crippen LogP contribution in [0, 0.1) is 11.6 Å². The van der Waals surface area contributed by atoms with Crippen molar-refractivity contribution in [3.8, 4) is 5.75 Å². The van der Waals surface area contributed by atoms with Crippen molar-refractivity contribution < 1.29 is 13.5 Å². The van der Waals surface area contributed by atoms with Crippen LogP contribution in [0.25, 0.3) is 0 Å². The second-order valence-corrected chi connectivity index (χ2v) is 4.04. The molecule has 0 heterocycles. The van der Waals surface area contributed by atoms with E-state index in [0.29, 0.717) is 5.56 Å². The maximum absolute atomic E-state index is 13.0. The summed E-state index contributed by atoms with van der Waals surface area (Å²) in [6, 6.07) is 11.5. The van der Waals surface area contributed by atoms with Gasteiger partial charge in [0.15, 0.2) is 11.6 Å². The number of ether oxygens (including phenoxy) is 1. The standard InChI is InChI=1S/C15H14F2O/c1-2-11-4-3-5-13(8-11)18-10-12-6-7-14(16)15(17)9-12/h3-9H,2,10H2,1H3. The van der Waals surface area contributed by atoms with Gasteiger partial charge in [0, 0.05) is 0 Å². The highest BCUT2D eigenvalue weighted by atomic mass is 19.2. The van der Waals surface area contributed by atoms with Gasteiger partial charge in [-0.05, 0) is 41.8 Å². The van der Waals surface area contributed by atoms with Crippen LogP contribution in [0.3, 0.4) is 0 Å². The molecule has 3 heteroatoms. The van der Waals surface area contributed by atoms with Crippen molar-refractivity contribution >= 4 is 0 Å². The Morgan fingerprint density at radius 1 is 0.944 bits per heavy atom. The van der Waals surface area contributed by atoms with Crippen molar-refractivity contribution in [2.75, 3.05) is 0 Å². The molecule has 1 nitrogen and oxygen atoms in total. The lowest BCUT2D eigenvalue weighted by Gasteiger charge is -2.07. The Morgan fingerprint density at radius 2 is 1.78 bits per heavy atom. The van der Waals surface area contributed by atoms with E-state index in [4.69, 9.17) is 4.74 Å². The molecule has 0 spiro atoms. The lowest BCUT2D eigenvalue weighted by atomic mass is 10.2. The van der Waals surface area contributed by atoms with Gasteiger partial charge in [0.2, 0.25) is 0 Å². The van der Waals surface area contributed by atoms with Crippen molar-refractivity contribution in [3.63, 3.8) is 0 Å². The van der Waals surface area contributed by atoms with E-state index in [1.54, 1.807) is 0 Å². The fourth-order valence-electron chi connectivity index (χ4n) is 1.65. The lowest BCUT2D eigenvalue weighted by Crippen LogP contribution is -1.97. The molecule has 0 aliphatic rings. The van der Waals surface area contributed by atoms with E-state index >= 15 is 0 Å². The van der Waals surface area contributed by atoms with Crippen LogP contribution in [0.1, 0.15) is 18.1 Å². The predicted octanol–water partition coefficient (Wildman–Crippen LogP) is 4.11. The number of benzene rings is 2. The second kappa shape index (κ2) is 5.63. The van der Waals surface area contributed by atoms with Crippen LogP contribution in [0.2, 0.25) is 0 Å². The summed E-state index contributed by atoms with van der Waals surface area (Å²) in [4.78, 5) is 0. The number of hydrogen-bond donors (Lipinski definition) is 0. The first-order valence-corrected chi connectivity index (χ1v) is 5.84. The van der Waals surface area contributed by atoms with E-state index in [9.17, 15) is 8.78 Å². The van der Waals surface area contributed by atoms with Crippen LogP contribution >= 0.6 is 0 Å². The van der Waals surface area contributed by atoms with Crippen LogP contribution in [0.5, 0.6) is 5.75 Å². The fraction of sp³-hybridized carbons (Fsp3) is 0.200. The third-order valence-electron chi connectivity index (χ3n) is 2.70. The summed E-state index contributed by atoms with van der Waals surface area (Å²) in [5.74, 6) is -0.954. The average Bonchev–Trinajstić information content (AvgIpc) is 2.40. The second-order valence-electron chi connectivity index (χ2n) is 4.04. The maximum Gasteiger partial charge on any atom is 0.159 e. The highest BCUT2D eigenvalue weighted by Crippen LogP contribution is 2.16. The van der Waals surface area contributed by atoms with Gasteiger partial charge in [-0.25, -0.2) is 8.78 Å². The Morgan fingerprint density at radius 3 is 2.50 bits per heavy atom. The SMILES string of the molecule is CCc1cccc(OCc2ccc(F)c(F)c2)c1. The summed E-state index contributed by atoms with van der Waals surface area (Å²) < 4.78 is 31.3. The predicted molar refractivity (Wildman–Crippen MR) is 66.5 cm³/mol. The molecule has 0 amide bonds. The summed E-state index contributed by atoms with van der Waals surface area (Å²) >= 11 is 0. The molecule has 0 fully saturated rings. The zero-order valence-corrected chi connectivity index (χ0v) is 10.1. The number of rotatable bonds is 4. The highest BCUT2D eigenvalue weighted by Gasteiger charge is 2.03. The smallest absolute Gasteiger partial charge is 0.159 e. The average molecular weight is 248 g/mol. The Bertz CT molecular complexity index is 538. The van der Waals surface area contributed by atoms with E-state index in [-0.39, 0.29) is 6.61 Å². The molecule has 0 bridgehead atoms. The molecule has 0 aliphatic heterocycles. The van der Waals surface area contributed by atoms with Gasteiger partial charge in [-0.3, -0.25) is 0 Å². The molecule has 2 aromatic rings. The topological polar surface area (TPSA) is 9.23 Å². The maximum atomic E-state index is 13.0. The van der Waals surface area contributed by atoms with Crippen molar-refractivity contribution in [2.45, 2.75) is 20.0 Å². The minimum atomic E-state index is -0.849. The lowest BCUT2D eigenvalue weighted by molar-refractivity contribution is 0.305. The summed E-state index contributed by atoms with van der Waals surface area (Å²) in [5.41, 5.74) is 1.79. The van der Waals surface area contributed by atoms with E-state index in [2.05, 4.69) is 6.92 Å². The summed E-state index contributed by atoms with van der Waals surface area (Å²) in [6.45, 7) is 2.29. The molecule has 2 aromatic carbocycles. The Balaban J connectivity index is 2.04. The van der Waals surface area contributed by atoms with Gasteiger partial charge >= 0.3 is 0 Å². The molecule has 2 rings (SSSR count). The summed E-state index contributed by atoms with van der Waals surface area (Å²) in [5, 5.41) is 0. The first-order valence-electron chi connectivity index (χ1n) is 5.84. The van der Waals surface area contributed by atoms with Crippen molar-refractivity contribution in [3.05, 3.63) is 65.2 Å². The molecule has 0 saturated heterocycles. The molecule has 0 saturated carbocycles. The highest BCUT2D eigenvalue weighted by molar-refractivity contribution is 5.29. The van der Waals surface area contributed by atoms with Gasteiger partial charge < -0.3 is 4.74 Å².